The highest BCUT2D eigenvalue weighted by molar-refractivity contribution is 4.95. The molecule has 0 amide bonds. The molecule has 0 spiro atoms. The molecule has 14 rings (SSSR count). The van der Waals surface area contributed by atoms with E-state index in [1.54, 1.807) is 167 Å². The molecule has 0 aliphatic heterocycles. The van der Waals surface area contributed by atoms with Gasteiger partial charge in [-0.2, -0.15) is 0 Å². The highest BCUT2D eigenvalue weighted by Gasteiger charge is 2.38. The Hall–Kier alpha value is -1.04. The zero-order chi connectivity index (χ0) is 91.0. The summed E-state index contributed by atoms with van der Waals surface area (Å²) in [5.41, 5.74) is 0. The van der Waals surface area contributed by atoms with Crippen molar-refractivity contribution >= 4 is 0 Å². The Labute approximate surface area is 827 Å². The van der Waals surface area contributed by atoms with Crippen LogP contribution in [0.2, 0.25) is 0 Å². The van der Waals surface area contributed by atoms with Gasteiger partial charge in [-0.15, -0.1) is 19.7 Å². The lowest BCUT2D eigenvalue weighted by molar-refractivity contribution is 0.140. The second-order valence-corrected chi connectivity index (χ2v) is 49.4. The van der Waals surface area contributed by atoms with Crippen LogP contribution in [0.25, 0.3) is 0 Å². The van der Waals surface area contributed by atoms with Gasteiger partial charge in [0.1, 0.15) is 0 Å². The van der Waals surface area contributed by atoms with Crippen LogP contribution >= 0.6 is 0 Å². The van der Waals surface area contributed by atoms with Gasteiger partial charge in [0, 0.05) is 20.0 Å². The van der Waals surface area contributed by atoms with Gasteiger partial charge in [-0.25, -0.2) is 0 Å². The summed E-state index contributed by atoms with van der Waals surface area (Å²) in [6, 6.07) is 0. The van der Waals surface area contributed by atoms with Gasteiger partial charge < -0.3 is 0 Å². The van der Waals surface area contributed by atoms with E-state index in [0.717, 1.165) is 166 Å². The molecule has 0 nitrogen and oxygen atoms in total. The van der Waals surface area contributed by atoms with Crippen molar-refractivity contribution in [3.8, 4) is 0 Å². The highest BCUT2D eigenvalue weighted by atomic mass is 14.4. The van der Waals surface area contributed by atoms with E-state index in [-0.39, 0.29) is 20.0 Å². The van der Waals surface area contributed by atoms with Crippen molar-refractivity contribution in [2.24, 2.45) is 166 Å². The van der Waals surface area contributed by atoms with Crippen molar-refractivity contribution in [1.29, 1.82) is 0 Å². The average molecular weight is 1800 g/mol. The normalized spacial score (nSPS) is 37.2. The number of allylic oxidation sites excluding steroid dienone is 5. The third-order valence-electron chi connectivity index (χ3n) is 40.7. The molecule has 0 heterocycles. The second-order valence-electron chi connectivity index (χ2n) is 49.4. The number of hydrogen-bond acceptors (Lipinski definition) is 0. The number of hydrogen-bond donors (Lipinski definition) is 0. The molecule has 0 bridgehead atoms. The van der Waals surface area contributed by atoms with Crippen molar-refractivity contribution < 1.29 is 20.0 Å². The Morgan fingerprint density at radius 1 is 0.164 bits per heavy atom. The van der Waals surface area contributed by atoms with Crippen LogP contribution in [0.1, 0.15) is 616 Å². The molecule has 0 aromatic rings. The predicted molar refractivity (Wildman–Crippen MR) is 603 cm³/mol. The van der Waals surface area contributed by atoms with Gasteiger partial charge in [0.2, 0.25) is 0 Å². The molecule has 0 radical (unpaired) electrons. The van der Waals surface area contributed by atoms with E-state index in [9.17, 15) is 0 Å². The summed E-state index contributed by atoms with van der Waals surface area (Å²) in [4.78, 5) is 0. The van der Waals surface area contributed by atoms with E-state index in [1.165, 1.54) is 353 Å². The summed E-state index contributed by atoms with van der Waals surface area (Å²) in [7, 11) is 0. The lowest BCUT2D eigenvalue weighted by Crippen LogP contribution is -2.25. The zero-order valence-corrected chi connectivity index (χ0v) is 89.4. The molecule has 0 heteroatoms. The summed E-state index contributed by atoms with van der Waals surface area (Å²) in [5, 5.41) is 0. The molecule has 0 N–H and O–H groups in total. The van der Waals surface area contributed by atoms with Gasteiger partial charge in [-0.05, 0) is 404 Å². The van der Waals surface area contributed by atoms with Crippen LogP contribution in [-0.4, -0.2) is 0 Å². The van der Waals surface area contributed by atoms with Gasteiger partial charge in [-0.3, -0.25) is 0 Å². The van der Waals surface area contributed by atoms with Gasteiger partial charge in [0.25, 0.3) is 0 Å². The first-order valence-electron chi connectivity index (χ1n) is 61.3. The topological polar surface area (TPSA) is 0 Å². The minimum absolute atomic E-state index is 0. The molecule has 14 aliphatic rings. The van der Waals surface area contributed by atoms with E-state index >= 15 is 0 Å². The lowest BCUT2D eigenvalue weighted by Gasteiger charge is -2.38. The van der Waals surface area contributed by atoms with E-state index < -0.39 is 0 Å². The molecule has 0 saturated heterocycles. The molecule has 0 aromatic carbocycles. The minimum Gasteiger partial charge on any atom is -0.103 e. The van der Waals surface area contributed by atoms with Crippen LogP contribution in [-0.2, 0) is 0 Å². The van der Waals surface area contributed by atoms with Crippen molar-refractivity contribution in [1.82, 2.24) is 0 Å². The average Bonchev–Trinajstić information content (AvgIpc) is 0.861. The Morgan fingerprint density at radius 2 is 0.312 bits per heavy atom. The molecular formula is C128H262. The highest BCUT2D eigenvalue weighted by Crippen LogP contribution is 2.51. The molecule has 14 fully saturated rings. The lowest BCUT2D eigenvalue weighted by atomic mass is 9.68. The quantitative estimate of drug-likeness (QED) is 0.0433. The third kappa shape index (κ3) is 43.1. The van der Waals surface area contributed by atoms with Crippen LogP contribution < -0.4 is 0 Å². The van der Waals surface area contributed by atoms with Gasteiger partial charge in [-0.1, -0.05) is 389 Å². The van der Waals surface area contributed by atoms with Crippen molar-refractivity contribution in [2.45, 2.75) is 596 Å². The van der Waals surface area contributed by atoms with Crippen LogP contribution in [0.5, 0.6) is 0 Å². The van der Waals surface area contributed by atoms with Gasteiger partial charge in [0.15, 0.2) is 0 Å². The molecule has 128 heavy (non-hydrogen) atoms. The maximum absolute atomic E-state index is 3.97. The molecule has 0 atom stereocenters. The van der Waals surface area contributed by atoms with Crippen LogP contribution in [0.15, 0.2) is 50.1 Å². The van der Waals surface area contributed by atoms with E-state index in [4.69, 9.17) is 0 Å². The van der Waals surface area contributed by atoms with Crippen molar-refractivity contribution in [2.75, 3.05) is 0 Å². The van der Waals surface area contributed by atoms with E-state index in [2.05, 4.69) is 126 Å². The second kappa shape index (κ2) is 68.9. The minimum atomic E-state index is 0. The standard InChI is InChI=1S/C20H38.C19H34.C19H36.2C18H32.C17H32.C17H30.14H2/c1-3-5-6-8-18-11-15-20(16-12-18)19-13-9-17(7-4-2)10-14-19;1-3-5-6-7-17-10-14-19(15-11-17)18-12-8-16(4-2)9-13-18;1-3-5-7-17-10-14-19(15-11-17)18-12-8-16(6-4-2)9-13-18;1-3-5-6-16-9-13-18(14-10-16)17-11-7-15(4-2)8-12-17;1-3-5-15-7-11-17(12-8-15)18-13-9-16(6-4-2)10-14-18;2*1-3-5-15-8-12-17(13-9-15)16-10-6-14(4-2)7-11-16;;;;;;;;;;;;;;/h17-20H,3-16H2,1-2H3;4,16-19H,2-3,5-15H2,1H3;16-19H,3-15H2,1-2H3;4,15-18H,2-3,5-14H2,1H3;3,5,15-18H,4,6-14H2,1-2H3;14-17H,3-13H2,1-2H3;4,14-17H,2-3,5-13H2,1H3;14*1H/b;;;;5-3+;;;;;;;;;;;;;;;;. The molecule has 774 valence electrons. The third-order valence-corrected chi connectivity index (χ3v) is 40.7. The van der Waals surface area contributed by atoms with E-state index in [0.29, 0.717) is 0 Å². The fraction of sp³-hybridized carbons (Fsp3) is 0.938. The summed E-state index contributed by atoms with van der Waals surface area (Å²) < 4.78 is 0. The van der Waals surface area contributed by atoms with Gasteiger partial charge in [0.05, 0.1) is 0 Å². The summed E-state index contributed by atoms with van der Waals surface area (Å²) in [6.07, 6.45) is 133. The van der Waals surface area contributed by atoms with Crippen LogP contribution in [0, 0.1) is 166 Å². The molecule has 0 aromatic heterocycles. The Bertz CT molecular complexity index is 2620. The Morgan fingerprint density at radius 3 is 0.461 bits per heavy atom. The molecule has 14 saturated carbocycles. The van der Waals surface area contributed by atoms with Crippen LogP contribution in [0.3, 0.4) is 0 Å². The van der Waals surface area contributed by atoms with Gasteiger partial charge >= 0.3 is 0 Å². The zero-order valence-electron chi connectivity index (χ0n) is 89.4. The first kappa shape index (κ1) is 112. The molecule has 0 unspecified atom stereocenters. The SMILES string of the molecule is C/C=C/C1CCC(C2CCC(CCC)CC2)CC1.C=CC1CCC(C2CCC(CCC)CC2)CC1.C=CC1CCC(C2CCC(CCCC)CC2)CC1.C=CC1CCC(C2CCC(CCCCC)CC2)CC1.CCCC1CCC(C2CCC(CC)CC2)CC1.CCCCC1CCC(C2CCC(CCC)CC2)CC1.CCCCCC1CCC(C2CCC(CCC)CC2)CC1.[HH].[HH].[HH].[HH].[HH].[HH].[HH].[HH].[HH].[HH].[HH].[HH].[HH].[HH]. The largest absolute Gasteiger partial charge is 0.103 e. The summed E-state index contributed by atoms with van der Waals surface area (Å²) in [5.74, 6) is 29.5. The predicted octanol–water partition coefficient (Wildman–Crippen LogP) is 46.7. The summed E-state index contributed by atoms with van der Waals surface area (Å²) >= 11 is 0. The molecular weight excluding hydrogens is 1540 g/mol. The smallest absolute Gasteiger partial charge is 0 e. The molecule has 14 aliphatic carbocycles. The fourth-order valence-electron chi connectivity index (χ4n) is 31.6. The first-order chi connectivity index (χ1) is 62.8. The van der Waals surface area contributed by atoms with Crippen molar-refractivity contribution in [3.05, 3.63) is 50.1 Å². The van der Waals surface area contributed by atoms with Crippen molar-refractivity contribution in [3.63, 3.8) is 0 Å². The first-order valence-corrected chi connectivity index (χ1v) is 61.3. The Kier molecular flexibility index (Phi) is 60.4. The number of rotatable bonds is 36. The maximum atomic E-state index is 3.97. The monoisotopic (exact) mass is 1800 g/mol. The van der Waals surface area contributed by atoms with E-state index in [1.807, 2.05) is 0 Å². The van der Waals surface area contributed by atoms with Crippen LogP contribution in [0.4, 0.5) is 0 Å². The number of unbranched alkanes of at least 4 members (excludes halogenated alkanes) is 6. The maximum Gasteiger partial charge on any atom is 0 e. The Balaban J connectivity index is -0.000000295. The summed E-state index contributed by atoms with van der Waals surface area (Å²) in [6.45, 7) is 37.4. The fourth-order valence-corrected chi connectivity index (χ4v) is 31.6.